The molecule has 38 heavy (non-hydrogen) atoms. The number of halogens is 2. The van der Waals surface area contributed by atoms with E-state index in [4.69, 9.17) is 23.2 Å². The molecule has 0 aliphatic heterocycles. The summed E-state index contributed by atoms with van der Waals surface area (Å²) in [5.41, 5.74) is -0.109. The highest BCUT2D eigenvalue weighted by molar-refractivity contribution is 6.36. The highest BCUT2D eigenvalue weighted by Gasteiger charge is 2.58. The van der Waals surface area contributed by atoms with Gasteiger partial charge in [-0.15, -0.1) is 0 Å². The number of carbonyl (C=O) groups excluding carboxylic acids is 2. The van der Waals surface area contributed by atoms with Crippen LogP contribution in [0.3, 0.4) is 0 Å². The van der Waals surface area contributed by atoms with Crippen LogP contribution >= 0.6 is 23.2 Å². The highest BCUT2D eigenvalue weighted by atomic mass is 35.5. The fourth-order valence-corrected chi connectivity index (χ4v) is 5.60. The van der Waals surface area contributed by atoms with Crippen LogP contribution in [0.15, 0.2) is 42.5 Å². The molecule has 0 bridgehead atoms. The molecule has 204 valence electrons. The second kappa shape index (κ2) is 11.3. The number of carbonyl (C=O) groups is 4. The number of hydrogen-bond acceptors (Lipinski definition) is 4. The van der Waals surface area contributed by atoms with Gasteiger partial charge in [0.25, 0.3) is 0 Å². The average molecular weight is 563 g/mol. The molecule has 0 radical (unpaired) electrons. The Morgan fingerprint density at radius 2 is 1.61 bits per heavy atom. The molecule has 0 unspecified atom stereocenters. The maximum absolute atomic E-state index is 13.1. The first kappa shape index (κ1) is 29.5. The van der Waals surface area contributed by atoms with Gasteiger partial charge in [0.1, 0.15) is 6.04 Å². The molecule has 2 aromatic carbocycles. The Morgan fingerprint density at radius 1 is 1.03 bits per heavy atom. The van der Waals surface area contributed by atoms with Crippen molar-refractivity contribution in [1.29, 1.82) is 0 Å². The molecule has 10 heteroatoms. The van der Waals surface area contributed by atoms with E-state index >= 15 is 0 Å². The zero-order chi connectivity index (χ0) is 28.4. The number of benzene rings is 2. The van der Waals surface area contributed by atoms with Gasteiger partial charge >= 0.3 is 11.9 Å². The van der Waals surface area contributed by atoms with E-state index < -0.39 is 40.6 Å². The summed E-state index contributed by atoms with van der Waals surface area (Å²) in [6.07, 6.45) is 0.707. The molecule has 2 aromatic rings. The minimum absolute atomic E-state index is 0.0150. The largest absolute Gasteiger partial charge is 0.481 e. The van der Waals surface area contributed by atoms with Crippen LogP contribution < -0.4 is 10.2 Å². The van der Waals surface area contributed by atoms with E-state index in [0.29, 0.717) is 39.7 Å². The highest BCUT2D eigenvalue weighted by Crippen LogP contribution is 2.56. The lowest BCUT2D eigenvalue weighted by atomic mass is 9.65. The molecule has 1 aliphatic rings. The molecule has 1 fully saturated rings. The third-order valence-corrected chi connectivity index (χ3v) is 8.78. The lowest BCUT2D eigenvalue weighted by Gasteiger charge is -2.38. The van der Waals surface area contributed by atoms with Crippen molar-refractivity contribution in [1.82, 2.24) is 5.32 Å². The Morgan fingerprint density at radius 3 is 2.08 bits per heavy atom. The second-order valence-corrected chi connectivity index (χ2v) is 11.3. The summed E-state index contributed by atoms with van der Waals surface area (Å²) in [6.45, 7) is 6.69. The van der Waals surface area contributed by atoms with Gasteiger partial charge in [-0.3, -0.25) is 14.4 Å². The zero-order valence-corrected chi connectivity index (χ0v) is 23.3. The summed E-state index contributed by atoms with van der Waals surface area (Å²) in [4.78, 5) is 50.9. The molecule has 0 aromatic heterocycles. The van der Waals surface area contributed by atoms with Gasteiger partial charge in [0.2, 0.25) is 11.8 Å². The standard InChI is InChI=1S/C28H32Cl2N2O6/c1-16(33)32(15-19-21(29)6-5-7-22(19)30)18-10-8-17(9-11-18)14-23(25(35)36)31-24(34)20-12-13-28(4,26(37)38)27(20,2)3/h5-11,20,23H,12-15H2,1-4H3,(H,31,34)(H,35,36)(H,37,38)/t20-,23+,28+/m1/s1. The predicted octanol–water partition coefficient (Wildman–Crippen LogP) is 5.19. The summed E-state index contributed by atoms with van der Waals surface area (Å²) < 4.78 is 0. The third-order valence-electron chi connectivity index (χ3n) is 8.08. The van der Waals surface area contributed by atoms with Gasteiger partial charge in [0.05, 0.1) is 12.0 Å². The van der Waals surface area contributed by atoms with Crippen LogP contribution in [0.25, 0.3) is 0 Å². The quantitative estimate of drug-likeness (QED) is 0.386. The molecule has 3 rings (SSSR count). The summed E-state index contributed by atoms with van der Waals surface area (Å²) in [6, 6.07) is 10.7. The number of nitrogens with zero attached hydrogens (tertiary/aromatic N) is 1. The molecule has 3 N–H and O–H groups in total. The number of carboxylic acid groups (broad SMARTS) is 2. The summed E-state index contributed by atoms with van der Waals surface area (Å²) in [5.74, 6) is -3.49. The van der Waals surface area contributed by atoms with E-state index in [1.54, 1.807) is 63.2 Å². The number of anilines is 1. The molecule has 0 saturated heterocycles. The lowest BCUT2D eigenvalue weighted by molar-refractivity contribution is -0.155. The van der Waals surface area contributed by atoms with Crippen LogP contribution in [0.5, 0.6) is 0 Å². The van der Waals surface area contributed by atoms with Crippen molar-refractivity contribution in [3.05, 3.63) is 63.6 Å². The molecule has 3 atom stereocenters. The summed E-state index contributed by atoms with van der Waals surface area (Å²) in [7, 11) is 0. The van der Waals surface area contributed by atoms with E-state index in [2.05, 4.69) is 5.32 Å². The van der Waals surface area contributed by atoms with Gasteiger partial charge < -0.3 is 20.4 Å². The van der Waals surface area contributed by atoms with Crippen LogP contribution in [-0.2, 0) is 32.1 Å². The van der Waals surface area contributed by atoms with Crippen LogP contribution in [0.2, 0.25) is 10.0 Å². The minimum atomic E-state index is -1.20. The number of rotatable bonds is 9. The Bertz CT molecular complexity index is 1230. The fraction of sp³-hybridized carbons (Fsp3) is 0.429. The first-order chi connectivity index (χ1) is 17.7. The number of hydrogen-bond donors (Lipinski definition) is 3. The van der Waals surface area contributed by atoms with Crippen LogP contribution in [0, 0.1) is 16.7 Å². The SMILES string of the molecule is CC(=O)N(Cc1c(Cl)cccc1Cl)c1ccc(C[C@H](NC(=O)[C@H]2CC[C@@](C)(C(=O)O)C2(C)C)C(=O)O)cc1. The van der Waals surface area contributed by atoms with Gasteiger partial charge in [-0.25, -0.2) is 4.79 Å². The topological polar surface area (TPSA) is 124 Å². The minimum Gasteiger partial charge on any atom is -0.481 e. The van der Waals surface area contributed by atoms with E-state index in [-0.39, 0.29) is 18.9 Å². The Balaban J connectivity index is 1.74. The van der Waals surface area contributed by atoms with E-state index in [1.807, 2.05) is 0 Å². The molecule has 8 nitrogen and oxygen atoms in total. The maximum Gasteiger partial charge on any atom is 0.326 e. The van der Waals surface area contributed by atoms with Crippen molar-refractivity contribution >= 4 is 52.6 Å². The van der Waals surface area contributed by atoms with Crippen molar-refractivity contribution in [3.63, 3.8) is 0 Å². The van der Waals surface area contributed by atoms with Crippen molar-refractivity contribution in [2.75, 3.05) is 4.90 Å². The lowest BCUT2D eigenvalue weighted by Crippen LogP contribution is -2.49. The van der Waals surface area contributed by atoms with Gasteiger partial charge in [-0.05, 0) is 55.0 Å². The molecular formula is C28H32Cl2N2O6. The van der Waals surface area contributed by atoms with Gasteiger partial charge in [0.15, 0.2) is 0 Å². The van der Waals surface area contributed by atoms with Crippen LogP contribution in [0.1, 0.15) is 51.7 Å². The normalized spacial score (nSPS) is 20.9. The summed E-state index contributed by atoms with van der Waals surface area (Å²) >= 11 is 12.5. The molecule has 1 saturated carbocycles. The van der Waals surface area contributed by atoms with E-state index in [1.165, 1.54) is 11.8 Å². The molecule has 0 heterocycles. The third kappa shape index (κ3) is 5.81. The van der Waals surface area contributed by atoms with Crippen molar-refractivity contribution in [2.45, 2.75) is 59.5 Å². The molecule has 1 aliphatic carbocycles. The molecular weight excluding hydrogens is 531 g/mol. The Labute approximate surface area is 231 Å². The Hall–Kier alpha value is -3.10. The first-order valence-corrected chi connectivity index (χ1v) is 13.0. The number of nitrogens with one attached hydrogen (secondary N) is 1. The maximum atomic E-state index is 13.1. The zero-order valence-electron chi connectivity index (χ0n) is 21.8. The molecule has 0 spiro atoms. The number of carboxylic acids is 2. The number of aliphatic carboxylic acids is 2. The summed E-state index contributed by atoms with van der Waals surface area (Å²) in [5, 5.41) is 23.0. The molecule has 2 amide bonds. The van der Waals surface area contributed by atoms with Gasteiger partial charge in [-0.2, -0.15) is 0 Å². The Kier molecular flexibility index (Phi) is 8.79. The predicted molar refractivity (Wildman–Crippen MR) is 145 cm³/mol. The van der Waals surface area contributed by atoms with Crippen LogP contribution in [0.4, 0.5) is 5.69 Å². The monoisotopic (exact) mass is 562 g/mol. The van der Waals surface area contributed by atoms with Crippen molar-refractivity contribution in [2.24, 2.45) is 16.7 Å². The number of amides is 2. The van der Waals surface area contributed by atoms with Gasteiger partial charge in [0, 0.05) is 40.6 Å². The van der Waals surface area contributed by atoms with Gasteiger partial charge in [-0.1, -0.05) is 55.2 Å². The average Bonchev–Trinajstić information content (AvgIpc) is 3.08. The van der Waals surface area contributed by atoms with Crippen molar-refractivity contribution < 1.29 is 29.4 Å². The van der Waals surface area contributed by atoms with E-state index in [0.717, 1.165) is 0 Å². The van der Waals surface area contributed by atoms with E-state index in [9.17, 15) is 29.4 Å². The van der Waals surface area contributed by atoms with Crippen molar-refractivity contribution in [3.8, 4) is 0 Å². The second-order valence-electron chi connectivity index (χ2n) is 10.5. The smallest absolute Gasteiger partial charge is 0.326 e. The van der Waals surface area contributed by atoms with Crippen LogP contribution in [-0.4, -0.2) is 40.0 Å². The first-order valence-electron chi connectivity index (χ1n) is 12.3. The fourth-order valence-electron chi connectivity index (χ4n) is 5.09.